The summed E-state index contributed by atoms with van der Waals surface area (Å²) in [6.45, 7) is 7.50. The summed E-state index contributed by atoms with van der Waals surface area (Å²) in [6.07, 6.45) is 3.74. The molecule has 27 heavy (non-hydrogen) atoms. The molecule has 0 unspecified atom stereocenters. The minimum Gasteiger partial charge on any atom is -0.481 e. The van der Waals surface area contributed by atoms with Crippen LogP contribution in [0.2, 0.25) is 0 Å². The number of benzene rings is 2. The summed E-state index contributed by atoms with van der Waals surface area (Å²) < 4.78 is 14.9. The molecule has 140 valence electrons. The number of aromatic nitrogens is 2. The number of hydrogen-bond acceptors (Lipinski definition) is 2. The van der Waals surface area contributed by atoms with Crippen LogP contribution < -0.4 is 0 Å². The quantitative estimate of drug-likeness (QED) is 0.665. The van der Waals surface area contributed by atoms with Crippen molar-refractivity contribution in [3.05, 3.63) is 66.1 Å². The number of rotatable bonds is 5. The Balaban J connectivity index is 2.11. The Hall–Kier alpha value is -2.95. The normalized spacial score (nSPS) is 12.7. The number of aliphatic carboxylic acids is 1. The third kappa shape index (κ3) is 3.63. The molecule has 0 radical (unpaired) electrons. The second-order valence-electron chi connectivity index (χ2n) is 7.56. The predicted octanol–water partition coefficient (Wildman–Crippen LogP) is 5.31. The summed E-state index contributed by atoms with van der Waals surface area (Å²) >= 11 is 0. The molecule has 0 saturated carbocycles. The van der Waals surface area contributed by atoms with Crippen LogP contribution in [-0.4, -0.2) is 20.9 Å². The van der Waals surface area contributed by atoms with Crippen LogP contribution in [0.25, 0.3) is 22.2 Å². The summed E-state index contributed by atoms with van der Waals surface area (Å²) in [4.78, 5) is 11.8. The van der Waals surface area contributed by atoms with E-state index >= 15 is 0 Å². The Morgan fingerprint density at radius 1 is 1.19 bits per heavy atom. The molecule has 1 heterocycles. The molecule has 0 atom stereocenters. The molecule has 3 aromatic rings. The fourth-order valence-electron chi connectivity index (χ4n) is 3.10. The summed E-state index contributed by atoms with van der Waals surface area (Å²) in [5.74, 6) is -0.940. The number of fused-ring (bicyclic) bond motifs is 1. The highest BCUT2D eigenvalue weighted by atomic mass is 19.1. The predicted molar refractivity (Wildman–Crippen MR) is 105 cm³/mol. The zero-order valence-electron chi connectivity index (χ0n) is 15.9. The van der Waals surface area contributed by atoms with Crippen LogP contribution in [0.15, 0.2) is 54.7 Å². The molecule has 1 N–H and O–H groups in total. The lowest BCUT2D eigenvalue weighted by atomic mass is 9.78. The maximum atomic E-state index is 13.2. The molecule has 0 amide bonds. The van der Waals surface area contributed by atoms with Gasteiger partial charge in [0, 0.05) is 5.39 Å². The Morgan fingerprint density at radius 2 is 1.85 bits per heavy atom. The molecule has 0 fully saturated rings. The van der Waals surface area contributed by atoms with Crippen molar-refractivity contribution in [2.45, 2.75) is 27.7 Å². The van der Waals surface area contributed by atoms with Gasteiger partial charge in [0.2, 0.25) is 0 Å². The van der Waals surface area contributed by atoms with Crippen molar-refractivity contribution in [2.24, 2.45) is 11.3 Å². The van der Waals surface area contributed by atoms with E-state index in [0.717, 1.165) is 27.7 Å². The number of allylic oxidation sites excluding steroid dienone is 1. The first kappa shape index (κ1) is 18.8. The number of nitrogens with zero attached hydrogens (tertiary/aromatic N) is 2. The first-order valence-corrected chi connectivity index (χ1v) is 8.90. The van der Waals surface area contributed by atoms with Gasteiger partial charge in [-0.05, 0) is 67.3 Å². The summed E-state index contributed by atoms with van der Waals surface area (Å²) in [5, 5.41) is 15.0. The lowest BCUT2D eigenvalue weighted by Crippen LogP contribution is -2.25. The van der Waals surface area contributed by atoms with Crippen molar-refractivity contribution in [2.75, 3.05) is 0 Å². The Labute approximate surface area is 157 Å². The van der Waals surface area contributed by atoms with Crippen molar-refractivity contribution >= 4 is 22.4 Å². The maximum Gasteiger partial charge on any atom is 0.313 e. The third-order valence-corrected chi connectivity index (χ3v) is 4.66. The molecule has 2 aromatic carbocycles. The largest absolute Gasteiger partial charge is 0.481 e. The first-order chi connectivity index (χ1) is 12.7. The van der Waals surface area contributed by atoms with Gasteiger partial charge in [0.25, 0.3) is 0 Å². The molecular weight excluding hydrogens is 343 g/mol. The molecule has 1 aromatic heterocycles. The fraction of sp³-hybridized carbons (Fsp3) is 0.273. The monoisotopic (exact) mass is 366 g/mol. The fourth-order valence-corrected chi connectivity index (χ4v) is 3.10. The minimum atomic E-state index is -1.01. The molecular formula is C22H23FN2O2. The molecule has 0 saturated heterocycles. The molecule has 0 aliphatic carbocycles. The van der Waals surface area contributed by atoms with E-state index in [1.807, 2.05) is 38.1 Å². The summed E-state index contributed by atoms with van der Waals surface area (Å²) in [7, 11) is 0. The van der Waals surface area contributed by atoms with Crippen LogP contribution in [0, 0.1) is 17.2 Å². The van der Waals surface area contributed by atoms with Gasteiger partial charge in [0.15, 0.2) is 0 Å². The van der Waals surface area contributed by atoms with Crippen LogP contribution in [0.4, 0.5) is 4.39 Å². The molecule has 3 rings (SSSR count). The second kappa shape index (κ2) is 6.99. The van der Waals surface area contributed by atoms with Gasteiger partial charge in [-0.25, -0.2) is 9.07 Å². The lowest BCUT2D eigenvalue weighted by molar-refractivity contribution is -0.143. The van der Waals surface area contributed by atoms with Crippen molar-refractivity contribution in [3.63, 3.8) is 0 Å². The van der Waals surface area contributed by atoms with Gasteiger partial charge in [0.05, 0.1) is 22.8 Å². The van der Waals surface area contributed by atoms with Gasteiger partial charge in [0.1, 0.15) is 5.82 Å². The van der Waals surface area contributed by atoms with E-state index < -0.39 is 11.4 Å². The van der Waals surface area contributed by atoms with E-state index in [4.69, 9.17) is 0 Å². The van der Waals surface area contributed by atoms with E-state index in [2.05, 4.69) is 5.10 Å². The van der Waals surface area contributed by atoms with Crippen LogP contribution in [0.1, 0.15) is 33.3 Å². The topological polar surface area (TPSA) is 55.1 Å². The highest BCUT2D eigenvalue weighted by molar-refractivity contribution is 5.94. The van der Waals surface area contributed by atoms with Crippen LogP contribution in [-0.2, 0) is 4.79 Å². The standard InChI is InChI=1S/C22H23FN2O2/c1-14(2)11-19(22(3,4)21(26)27)15-5-10-20-16(12-15)13-24-25(20)18-8-6-17(23)7-9-18/h5-14H,1-4H3,(H,26,27)/b19-11+. The van der Waals surface area contributed by atoms with Crippen molar-refractivity contribution in [1.82, 2.24) is 9.78 Å². The van der Waals surface area contributed by atoms with E-state index in [-0.39, 0.29) is 11.7 Å². The zero-order chi connectivity index (χ0) is 19.8. The number of halogens is 1. The summed E-state index contributed by atoms with van der Waals surface area (Å²) in [5.41, 5.74) is 2.28. The molecule has 5 heteroatoms. The first-order valence-electron chi connectivity index (χ1n) is 8.90. The Kier molecular flexibility index (Phi) is 4.87. The smallest absolute Gasteiger partial charge is 0.313 e. The lowest BCUT2D eigenvalue weighted by Gasteiger charge is -2.25. The molecule has 0 aliphatic rings. The van der Waals surface area contributed by atoms with Crippen molar-refractivity contribution in [3.8, 4) is 5.69 Å². The molecule has 0 aliphatic heterocycles. The number of hydrogen-bond donors (Lipinski definition) is 1. The molecule has 0 bridgehead atoms. The Morgan fingerprint density at radius 3 is 2.44 bits per heavy atom. The van der Waals surface area contributed by atoms with Gasteiger partial charge in [-0.2, -0.15) is 5.10 Å². The average molecular weight is 366 g/mol. The van der Waals surface area contributed by atoms with Crippen LogP contribution in [0.3, 0.4) is 0 Å². The van der Waals surface area contributed by atoms with E-state index in [9.17, 15) is 14.3 Å². The van der Waals surface area contributed by atoms with Crippen LogP contribution >= 0.6 is 0 Å². The van der Waals surface area contributed by atoms with Crippen molar-refractivity contribution < 1.29 is 14.3 Å². The van der Waals surface area contributed by atoms with Gasteiger partial charge < -0.3 is 5.11 Å². The van der Waals surface area contributed by atoms with Gasteiger partial charge >= 0.3 is 5.97 Å². The summed E-state index contributed by atoms with van der Waals surface area (Å²) in [6, 6.07) is 11.9. The van der Waals surface area contributed by atoms with E-state index in [0.29, 0.717) is 0 Å². The van der Waals surface area contributed by atoms with Crippen molar-refractivity contribution in [1.29, 1.82) is 0 Å². The average Bonchev–Trinajstić information content (AvgIpc) is 3.03. The van der Waals surface area contributed by atoms with Gasteiger partial charge in [-0.15, -0.1) is 0 Å². The Bertz CT molecular complexity index is 1010. The number of carboxylic acids is 1. The van der Waals surface area contributed by atoms with Gasteiger partial charge in [-0.3, -0.25) is 4.79 Å². The highest BCUT2D eigenvalue weighted by Crippen LogP contribution is 2.37. The maximum absolute atomic E-state index is 13.2. The van der Waals surface area contributed by atoms with E-state index in [1.165, 1.54) is 12.1 Å². The number of carboxylic acid groups (broad SMARTS) is 1. The van der Waals surface area contributed by atoms with Crippen LogP contribution in [0.5, 0.6) is 0 Å². The molecule has 0 spiro atoms. The van der Waals surface area contributed by atoms with E-state index in [1.54, 1.807) is 36.9 Å². The molecule has 4 nitrogen and oxygen atoms in total. The minimum absolute atomic E-state index is 0.219. The number of carbonyl (C=O) groups is 1. The van der Waals surface area contributed by atoms with Gasteiger partial charge in [-0.1, -0.05) is 26.0 Å². The second-order valence-corrected chi connectivity index (χ2v) is 7.56. The SMILES string of the molecule is CC(C)/C=C(\c1ccc2c(cnn2-c2ccc(F)cc2)c1)C(C)(C)C(=O)O. The highest BCUT2D eigenvalue weighted by Gasteiger charge is 2.33. The zero-order valence-corrected chi connectivity index (χ0v) is 15.9. The third-order valence-electron chi connectivity index (χ3n) is 4.66.